The number of ether oxygens (including phenoxy) is 1. The van der Waals surface area contributed by atoms with Crippen LogP contribution in [0.3, 0.4) is 0 Å². The molecule has 2 aromatic rings. The van der Waals surface area contributed by atoms with E-state index in [1.165, 1.54) is 18.2 Å². The minimum absolute atomic E-state index is 0.163. The Labute approximate surface area is 160 Å². The molecule has 0 bridgehead atoms. The van der Waals surface area contributed by atoms with E-state index in [4.69, 9.17) is 21.6 Å². The molecular formula is C19H16ClN3O4. The molecule has 2 N–H and O–H groups in total. The Hall–Kier alpha value is -3.37. The minimum Gasteiger partial charge on any atom is -0.452 e. The highest BCUT2D eigenvalue weighted by molar-refractivity contribution is 6.31. The lowest BCUT2D eigenvalue weighted by Gasteiger charge is -2.10. The number of amides is 2. The van der Waals surface area contributed by atoms with Crippen molar-refractivity contribution in [2.45, 2.75) is 6.92 Å². The minimum atomic E-state index is -0.735. The number of rotatable bonds is 6. The van der Waals surface area contributed by atoms with Crippen molar-refractivity contribution in [1.29, 1.82) is 5.26 Å². The number of nitrogens with zero attached hydrogens (tertiary/aromatic N) is 1. The van der Waals surface area contributed by atoms with E-state index in [9.17, 15) is 14.4 Å². The summed E-state index contributed by atoms with van der Waals surface area (Å²) in [6.07, 6.45) is 0. The van der Waals surface area contributed by atoms with Gasteiger partial charge in [0.2, 0.25) is 5.91 Å². The van der Waals surface area contributed by atoms with Gasteiger partial charge in [-0.05, 0) is 42.8 Å². The number of nitrogens with one attached hydrogen (secondary N) is 2. The molecule has 0 saturated carbocycles. The second-order valence-corrected chi connectivity index (χ2v) is 5.91. The first kappa shape index (κ1) is 19.9. The third kappa shape index (κ3) is 5.83. The van der Waals surface area contributed by atoms with Crippen molar-refractivity contribution in [3.05, 3.63) is 64.2 Å². The fraction of sp³-hybridized carbons (Fsp3) is 0.158. The van der Waals surface area contributed by atoms with E-state index in [1.807, 2.05) is 6.07 Å². The molecule has 2 rings (SSSR count). The van der Waals surface area contributed by atoms with E-state index in [0.29, 0.717) is 21.8 Å². The Morgan fingerprint density at radius 1 is 1.15 bits per heavy atom. The van der Waals surface area contributed by atoms with Gasteiger partial charge in [-0.1, -0.05) is 23.7 Å². The molecule has 2 amide bonds. The third-order valence-corrected chi connectivity index (χ3v) is 3.96. The largest absolute Gasteiger partial charge is 0.452 e. The summed E-state index contributed by atoms with van der Waals surface area (Å²) in [5.74, 6) is -1.80. The fourth-order valence-electron chi connectivity index (χ4n) is 2.10. The van der Waals surface area contributed by atoms with Gasteiger partial charge in [-0.15, -0.1) is 0 Å². The highest BCUT2D eigenvalue weighted by atomic mass is 35.5. The van der Waals surface area contributed by atoms with Gasteiger partial charge in [0.15, 0.2) is 6.61 Å². The fourth-order valence-corrected chi connectivity index (χ4v) is 2.27. The van der Waals surface area contributed by atoms with Crippen LogP contribution in [0.25, 0.3) is 0 Å². The van der Waals surface area contributed by atoms with Crippen molar-refractivity contribution >= 4 is 35.1 Å². The van der Waals surface area contributed by atoms with E-state index in [-0.39, 0.29) is 12.1 Å². The number of hydrogen-bond donors (Lipinski definition) is 2. The summed E-state index contributed by atoms with van der Waals surface area (Å²) >= 11 is 5.98. The number of carbonyl (C=O) groups excluding carboxylic acids is 3. The molecule has 0 saturated heterocycles. The lowest BCUT2D eigenvalue weighted by atomic mass is 10.1. The Morgan fingerprint density at radius 3 is 2.63 bits per heavy atom. The third-order valence-electron chi connectivity index (χ3n) is 3.55. The molecule has 27 heavy (non-hydrogen) atoms. The van der Waals surface area contributed by atoms with Crippen LogP contribution >= 0.6 is 11.6 Å². The van der Waals surface area contributed by atoms with Crippen LogP contribution in [-0.4, -0.2) is 30.9 Å². The number of hydrogen-bond acceptors (Lipinski definition) is 5. The van der Waals surface area contributed by atoms with E-state index in [0.717, 1.165) is 0 Å². The molecule has 0 unspecified atom stereocenters. The van der Waals surface area contributed by atoms with Crippen molar-refractivity contribution < 1.29 is 19.1 Å². The smallest absolute Gasteiger partial charge is 0.338 e. The maximum Gasteiger partial charge on any atom is 0.338 e. The lowest BCUT2D eigenvalue weighted by Crippen LogP contribution is -2.35. The average molecular weight is 386 g/mol. The summed E-state index contributed by atoms with van der Waals surface area (Å²) < 4.78 is 4.87. The number of halogens is 1. The summed E-state index contributed by atoms with van der Waals surface area (Å²) in [5.41, 5.74) is 1.73. The molecule has 8 heteroatoms. The number of anilines is 1. The van der Waals surface area contributed by atoms with Crippen LogP contribution < -0.4 is 10.6 Å². The zero-order valence-corrected chi connectivity index (χ0v) is 15.2. The molecule has 0 aromatic heterocycles. The van der Waals surface area contributed by atoms with Crippen LogP contribution in [0, 0.1) is 18.3 Å². The van der Waals surface area contributed by atoms with Crippen LogP contribution in [0.15, 0.2) is 42.5 Å². The Morgan fingerprint density at radius 2 is 1.89 bits per heavy atom. The molecule has 0 radical (unpaired) electrons. The predicted octanol–water partition coefficient (Wildman–Crippen LogP) is 2.43. The summed E-state index contributed by atoms with van der Waals surface area (Å²) in [6, 6.07) is 12.9. The molecule has 0 atom stereocenters. The predicted molar refractivity (Wildman–Crippen MR) is 99.3 cm³/mol. The van der Waals surface area contributed by atoms with Gasteiger partial charge in [0.1, 0.15) is 0 Å². The van der Waals surface area contributed by atoms with Crippen molar-refractivity contribution in [3.8, 4) is 6.07 Å². The van der Waals surface area contributed by atoms with E-state index in [1.54, 1.807) is 31.2 Å². The standard InChI is InChI=1S/C19H16ClN3O4/c1-12-15(20)6-3-7-16(12)23-17(24)10-22-18(25)11-27-19(26)14-5-2-4-13(8-14)9-21/h2-8H,10-11H2,1H3,(H,22,25)(H,23,24). The second-order valence-electron chi connectivity index (χ2n) is 5.51. The summed E-state index contributed by atoms with van der Waals surface area (Å²) in [7, 11) is 0. The van der Waals surface area contributed by atoms with Gasteiger partial charge in [0, 0.05) is 10.7 Å². The molecule has 0 fully saturated rings. The first-order valence-electron chi connectivity index (χ1n) is 7.89. The zero-order valence-electron chi connectivity index (χ0n) is 14.4. The van der Waals surface area contributed by atoms with Crippen LogP contribution in [-0.2, 0) is 14.3 Å². The van der Waals surface area contributed by atoms with Crippen molar-refractivity contribution in [1.82, 2.24) is 5.32 Å². The Bertz CT molecular complexity index is 921. The Balaban J connectivity index is 1.78. The average Bonchev–Trinajstić information content (AvgIpc) is 2.68. The molecule has 0 aliphatic rings. The van der Waals surface area contributed by atoms with Crippen molar-refractivity contribution in [3.63, 3.8) is 0 Å². The topological polar surface area (TPSA) is 108 Å². The van der Waals surface area contributed by atoms with Gasteiger partial charge in [-0.3, -0.25) is 9.59 Å². The molecule has 0 spiro atoms. The van der Waals surface area contributed by atoms with E-state index in [2.05, 4.69) is 10.6 Å². The van der Waals surface area contributed by atoms with Crippen LogP contribution in [0.1, 0.15) is 21.5 Å². The normalized spacial score (nSPS) is 9.81. The molecule has 2 aromatic carbocycles. The zero-order chi connectivity index (χ0) is 19.8. The molecular weight excluding hydrogens is 370 g/mol. The molecule has 0 aliphatic carbocycles. The van der Waals surface area contributed by atoms with Gasteiger partial charge in [-0.25, -0.2) is 4.79 Å². The first-order valence-corrected chi connectivity index (χ1v) is 8.27. The van der Waals surface area contributed by atoms with E-state index >= 15 is 0 Å². The number of nitriles is 1. The van der Waals surface area contributed by atoms with Crippen LogP contribution in [0.5, 0.6) is 0 Å². The number of benzene rings is 2. The highest BCUT2D eigenvalue weighted by Crippen LogP contribution is 2.22. The highest BCUT2D eigenvalue weighted by Gasteiger charge is 2.12. The quantitative estimate of drug-likeness (QED) is 0.742. The van der Waals surface area contributed by atoms with Gasteiger partial charge < -0.3 is 15.4 Å². The van der Waals surface area contributed by atoms with Gasteiger partial charge >= 0.3 is 5.97 Å². The Kier molecular flexibility index (Phi) is 6.92. The molecule has 7 nitrogen and oxygen atoms in total. The van der Waals surface area contributed by atoms with Crippen LogP contribution in [0.2, 0.25) is 5.02 Å². The summed E-state index contributed by atoms with van der Waals surface area (Å²) in [4.78, 5) is 35.5. The second kappa shape index (κ2) is 9.36. The molecule has 0 aliphatic heterocycles. The summed E-state index contributed by atoms with van der Waals surface area (Å²) in [6.45, 7) is 0.933. The van der Waals surface area contributed by atoms with Crippen molar-refractivity contribution in [2.75, 3.05) is 18.5 Å². The molecule has 0 heterocycles. The maximum atomic E-state index is 11.9. The molecule has 138 valence electrons. The number of esters is 1. The first-order chi connectivity index (χ1) is 12.9. The number of carbonyl (C=O) groups is 3. The monoisotopic (exact) mass is 385 g/mol. The maximum absolute atomic E-state index is 11.9. The van der Waals surface area contributed by atoms with Gasteiger partial charge in [0.05, 0.1) is 23.7 Å². The van der Waals surface area contributed by atoms with Crippen molar-refractivity contribution in [2.24, 2.45) is 0 Å². The van der Waals surface area contributed by atoms with E-state index < -0.39 is 24.4 Å². The summed E-state index contributed by atoms with van der Waals surface area (Å²) in [5, 5.41) is 14.3. The van der Waals surface area contributed by atoms with Crippen LogP contribution in [0.4, 0.5) is 5.69 Å². The SMILES string of the molecule is Cc1c(Cl)cccc1NC(=O)CNC(=O)COC(=O)c1cccc(C#N)c1. The van der Waals surface area contributed by atoms with Gasteiger partial charge in [0.25, 0.3) is 5.91 Å². The lowest BCUT2D eigenvalue weighted by molar-refractivity contribution is -0.126. The van der Waals surface area contributed by atoms with Gasteiger partial charge in [-0.2, -0.15) is 5.26 Å².